The molecular weight excluding hydrogens is 350 g/mol. The highest BCUT2D eigenvalue weighted by molar-refractivity contribution is 9.10. The number of Topliss-reactive ketones (excluding diaryl/α,β-unsaturated/α-hetero) is 1. The zero-order valence-electron chi connectivity index (χ0n) is 13.2. The molecule has 2 atom stereocenters. The number of carbonyl (C=O) groups excluding carboxylic acids is 1. The fourth-order valence-corrected chi connectivity index (χ4v) is 4.22. The first-order chi connectivity index (χ1) is 11.3. The van der Waals surface area contributed by atoms with Gasteiger partial charge in [0.05, 0.1) is 10.9 Å². The van der Waals surface area contributed by atoms with Crippen molar-refractivity contribution in [3.8, 4) is 0 Å². The maximum atomic E-state index is 12.9. The topological polar surface area (TPSA) is 20.3 Å². The SMILES string of the molecule is O=C(c1ccccc1)[C@@H](Br)[C@@H](c1ccccc1)N1CCCCC1. The van der Waals surface area contributed by atoms with Crippen molar-refractivity contribution in [2.75, 3.05) is 13.1 Å². The van der Waals surface area contributed by atoms with Crippen molar-refractivity contribution in [2.45, 2.75) is 30.1 Å². The molecule has 23 heavy (non-hydrogen) atoms. The van der Waals surface area contributed by atoms with Gasteiger partial charge in [0.1, 0.15) is 0 Å². The molecule has 1 aliphatic heterocycles. The number of hydrogen-bond donors (Lipinski definition) is 0. The number of halogens is 1. The van der Waals surface area contributed by atoms with Gasteiger partial charge < -0.3 is 0 Å². The number of nitrogens with zero attached hydrogens (tertiary/aromatic N) is 1. The molecule has 0 radical (unpaired) electrons. The third-order valence-corrected chi connectivity index (χ3v) is 5.43. The van der Waals surface area contributed by atoms with Gasteiger partial charge in [-0.15, -0.1) is 0 Å². The molecule has 1 fully saturated rings. The second-order valence-corrected chi connectivity index (χ2v) is 7.07. The minimum Gasteiger partial charge on any atom is -0.295 e. The molecule has 2 aromatic carbocycles. The number of benzene rings is 2. The Morgan fingerprint density at radius 2 is 1.43 bits per heavy atom. The lowest BCUT2D eigenvalue weighted by Crippen LogP contribution is -2.40. The van der Waals surface area contributed by atoms with Gasteiger partial charge in [-0.3, -0.25) is 9.69 Å². The van der Waals surface area contributed by atoms with E-state index >= 15 is 0 Å². The van der Waals surface area contributed by atoms with Crippen LogP contribution in [0.5, 0.6) is 0 Å². The summed E-state index contributed by atoms with van der Waals surface area (Å²) >= 11 is 3.73. The fourth-order valence-electron chi connectivity index (χ4n) is 3.32. The van der Waals surface area contributed by atoms with Gasteiger partial charge in [0.2, 0.25) is 0 Å². The Hall–Kier alpha value is -1.45. The van der Waals surface area contributed by atoms with E-state index in [1.54, 1.807) is 0 Å². The van der Waals surface area contributed by atoms with E-state index in [4.69, 9.17) is 0 Å². The van der Waals surface area contributed by atoms with Crippen LogP contribution in [-0.4, -0.2) is 28.6 Å². The van der Waals surface area contributed by atoms with Gasteiger partial charge in [-0.2, -0.15) is 0 Å². The molecule has 3 rings (SSSR count). The minimum atomic E-state index is -0.231. The number of hydrogen-bond acceptors (Lipinski definition) is 2. The lowest BCUT2D eigenvalue weighted by atomic mass is 9.94. The second kappa shape index (κ2) is 7.89. The van der Waals surface area contributed by atoms with E-state index in [9.17, 15) is 4.79 Å². The average molecular weight is 372 g/mol. The summed E-state index contributed by atoms with van der Waals surface area (Å²) in [6.45, 7) is 2.12. The lowest BCUT2D eigenvalue weighted by Gasteiger charge is -2.37. The highest BCUT2D eigenvalue weighted by Gasteiger charge is 2.33. The Balaban J connectivity index is 1.89. The predicted octanol–water partition coefficient (Wildman–Crippen LogP) is 4.86. The number of carbonyl (C=O) groups is 1. The van der Waals surface area contributed by atoms with Gasteiger partial charge >= 0.3 is 0 Å². The van der Waals surface area contributed by atoms with Gasteiger partial charge in [0, 0.05) is 5.56 Å². The quantitative estimate of drug-likeness (QED) is 0.552. The maximum Gasteiger partial charge on any atom is 0.178 e. The number of likely N-dealkylation sites (tertiary alicyclic amines) is 1. The van der Waals surface area contributed by atoms with Gasteiger partial charge in [-0.05, 0) is 31.5 Å². The number of alkyl halides is 1. The number of piperidine rings is 1. The summed E-state index contributed by atoms with van der Waals surface area (Å²) in [6.07, 6.45) is 3.71. The first kappa shape index (κ1) is 16.4. The standard InChI is InChI=1S/C20H22BrNO/c21-18(20(23)17-12-6-2-7-13-17)19(16-10-4-1-5-11-16)22-14-8-3-9-15-22/h1-2,4-7,10-13,18-19H,3,8-9,14-15H2/t18-,19+/m0/s1. The van der Waals surface area contributed by atoms with Crippen molar-refractivity contribution in [3.63, 3.8) is 0 Å². The highest BCUT2D eigenvalue weighted by Crippen LogP contribution is 2.33. The summed E-state index contributed by atoms with van der Waals surface area (Å²) in [7, 11) is 0. The molecule has 0 N–H and O–H groups in total. The summed E-state index contributed by atoms with van der Waals surface area (Å²) in [4.78, 5) is 15.2. The van der Waals surface area contributed by atoms with Gasteiger partial charge in [-0.1, -0.05) is 83.0 Å². The third kappa shape index (κ3) is 3.91. The van der Waals surface area contributed by atoms with E-state index in [0.29, 0.717) is 0 Å². The summed E-state index contributed by atoms with van der Waals surface area (Å²) in [5, 5.41) is 0. The molecule has 2 aromatic rings. The number of rotatable bonds is 5. The predicted molar refractivity (Wildman–Crippen MR) is 98.1 cm³/mol. The molecule has 3 heteroatoms. The smallest absolute Gasteiger partial charge is 0.178 e. The van der Waals surface area contributed by atoms with Crippen LogP contribution in [0.3, 0.4) is 0 Å². The summed E-state index contributed by atoms with van der Waals surface area (Å²) in [5.74, 6) is 0.157. The fraction of sp³-hybridized carbons (Fsp3) is 0.350. The van der Waals surface area contributed by atoms with E-state index in [2.05, 4.69) is 45.1 Å². The van der Waals surface area contributed by atoms with E-state index in [0.717, 1.165) is 18.7 Å². The molecule has 1 aliphatic rings. The van der Waals surface area contributed by atoms with Crippen molar-refractivity contribution in [1.29, 1.82) is 0 Å². The van der Waals surface area contributed by atoms with Crippen LogP contribution in [0.1, 0.15) is 41.2 Å². The van der Waals surface area contributed by atoms with Crippen molar-refractivity contribution in [1.82, 2.24) is 4.90 Å². The van der Waals surface area contributed by atoms with Crippen LogP contribution in [0.2, 0.25) is 0 Å². The molecule has 2 nitrogen and oxygen atoms in total. The molecule has 0 saturated carbocycles. The Kier molecular flexibility index (Phi) is 5.63. The second-order valence-electron chi connectivity index (χ2n) is 6.08. The van der Waals surface area contributed by atoms with Crippen molar-refractivity contribution in [3.05, 3.63) is 71.8 Å². The maximum absolute atomic E-state index is 12.9. The highest BCUT2D eigenvalue weighted by atomic mass is 79.9. The van der Waals surface area contributed by atoms with Gasteiger partial charge in [0.25, 0.3) is 0 Å². The molecule has 120 valence electrons. The molecule has 0 bridgehead atoms. The Bertz CT molecular complexity index is 623. The lowest BCUT2D eigenvalue weighted by molar-refractivity contribution is 0.0915. The van der Waals surface area contributed by atoms with Gasteiger partial charge in [0.15, 0.2) is 5.78 Å². The zero-order chi connectivity index (χ0) is 16.1. The normalized spacial score (nSPS) is 18.3. The van der Waals surface area contributed by atoms with E-state index in [1.807, 2.05) is 36.4 Å². The third-order valence-electron chi connectivity index (χ3n) is 4.51. The van der Waals surface area contributed by atoms with Crippen molar-refractivity contribution in [2.24, 2.45) is 0 Å². The minimum absolute atomic E-state index is 0.0872. The summed E-state index contributed by atoms with van der Waals surface area (Å²) in [5.41, 5.74) is 1.98. The first-order valence-electron chi connectivity index (χ1n) is 8.30. The Labute approximate surface area is 146 Å². The van der Waals surface area contributed by atoms with Crippen molar-refractivity contribution < 1.29 is 4.79 Å². The van der Waals surface area contributed by atoms with E-state index in [-0.39, 0.29) is 16.7 Å². The molecule has 0 unspecified atom stereocenters. The summed E-state index contributed by atoms with van der Waals surface area (Å²) < 4.78 is 0. The van der Waals surface area contributed by atoms with Crippen LogP contribution in [0, 0.1) is 0 Å². The molecule has 0 aliphatic carbocycles. The van der Waals surface area contributed by atoms with Crippen molar-refractivity contribution >= 4 is 21.7 Å². The van der Waals surface area contributed by atoms with E-state index < -0.39 is 0 Å². The Morgan fingerprint density at radius 1 is 0.870 bits per heavy atom. The van der Waals surface area contributed by atoms with Crippen LogP contribution < -0.4 is 0 Å². The van der Waals surface area contributed by atoms with Crippen LogP contribution in [0.15, 0.2) is 60.7 Å². The molecular formula is C20H22BrNO. The van der Waals surface area contributed by atoms with Crippen LogP contribution >= 0.6 is 15.9 Å². The molecule has 1 saturated heterocycles. The molecule has 0 aromatic heterocycles. The van der Waals surface area contributed by atoms with Crippen LogP contribution in [0.25, 0.3) is 0 Å². The monoisotopic (exact) mass is 371 g/mol. The number of ketones is 1. The average Bonchev–Trinajstić information content (AvgIpc) is 2.64. The largest absolute Gasteiger partial charge is 0.295 e. The van der Waals surface area contributed by atoms with Crippen LogP contribution in [0.4, 0.5) is 0 Å². The Morgan fingerprint density at radius 3 is 2.04 bits per heavy atom. The molecule has 1 heterocycles. The first-order valence-corrected chi connectivity index (χ1v) is 9.21. The summed E-state index contributed by atoms with van der Waals surface area (Å²) in [6, 6.07) is 20.1. The van der Waals surface area contributed by atoms with E-state index in [1.165, 1.54) is 24.8 Å². The zero-order valence-corrected chi connectivity index (χ0v) is 14.8. The molecule has 0 spiro atoms. The van der Waals surface area contributed by atoms with Gasteiger partial charge in [-0.25, -0.2) is 0 Å². The molecule has 0 amide bonds. The van der Waals surface area contributed by atoms with Crippen LogP contribution in [-0.2, 0) is 0 Å².